The molecule has 0 heterocycles. The number of ketones is 1. The summed E-state index contributed by atoms with van der Waals surface area (Å²) in [5.74, 6) is 2.31. The standard InChI is InChI=1S/C21H25NO3S/c1-15-4-6-17(7-5-15)14-26-11-10-22-21(24)13-19-12-18(16(2)23)8-9-20(19)25-3/h4-9,12H,10-11,13-14H2,1-3H3,(H,22,24). The summed E-state index contributed by atoms with van der Waals surface area (Å²) in [6, 6.07) is 13.7. The van der Waals surface area contributed by atoms with Crippen LogP contribution in [0.15, 0.2) is 42.5 Å². The van der Waals surface area contributed by atoms with Gasteiger partial charge in [-0.05, 0) is 37.6 Å². The maximum Gasteiger partial charge on any atom is 0.224 e. The Kier molecular flexibility index (Phi) is 7.73. The first kappa shape index (κ1) is 20.0. The first-order valence-electron chi connectivity index (χ1n) is 8.57. The Hall–Kier alpha value is -2.27. The number of rotatable bonds is 9. The van der Waals surface area contributed by atoms with Crippen LogP contribution < -0.4 is 10.1 Å². The Morgan fingerprint density at radius 2 is 1.85 bits per heavy atom. The largest absolute Gasteiger partial charge is 0.496 e. The summed E-state index contributed by atoms with van der Waals surface area (Å²) in [7, 11) is 1.56. The van der Waals surface area contributed by atoms with Gasteiger partial charge in [0, 0.05) is 29.2 Å². The van der Waals surface area contributed by atoms with Crippen LogP contribution in [-0.2, 0) is 17.0 Å². The van der Waals surface area contributed by atoms with E-state index < -0.39 is 0 Å². The maximum absolute atomic E-state index is 12.2. The van der Waals surface area contributed by atoms with E-state index in [0.717, 1.165) is 17.1 Å². The zero-order chi connectivity index (χ0) is 18.9. The summed E-state index contributed by atoms with van der Waals surface area (Å²) < 4.78 is 5.29. The highest BCUT2D eigenvalue weighted by atomic mass is 32.2. The molecule has 0 fully saturated rings. The molecule has 0 saturated heterocycles. The van der Waals surface area contributed by atoms with Crippen molar-refractivity contribution in [1.29, 1.82) is 0 Å². The SMILES string of the molecule is COc1ccc(C(C)=O)cc1CC(=O)NCCSCc1ccc(C)cc1. The molecule has 0 aliphatic carbocycles. The molecule has 2 aromatic rings. The van der Waals surface area contributed by atoms with E-state index in [4.69, 9.17) is 4.74 Å². The summed E-state index contributed by atoms with van der Waals surface area (Å²) in [6.07, 6.45) is 0.201. The van der Waals surface area contributed by atoms with E-state index >= 15 is 0 Å². The molecule has 0 aliphatic heterocycles. The number of carbonyl (C=O) groups is 2. The minimum Gasteiger partial charge on any atom is -0.496 e. The number of nitrogens with one attached hydrogen (secondary N) is 1. The van der Waals surface area contributed by atoms with Crippen molar-refractivity contribution in [3.63, 3.8) is 0 Å². The molecule has 1 amide bonds. The molecule has 0 saturated carbocycles. The van der Waals surface area contributed by atoms with Crippen LogP contribution in [0.2, 0.25) is 0 Å². The number of methoxy groups -OCH3 is 1. The molecule has 2 aromatic carbocycles. The Labute approximate surface area is 159 Å². The van der Waals surface area contributed by atoms with Gasteiger partial charge >= 0.3 is 0 Å². The number of Topliss-reactive ketones (excluding diaryl/α,β-unsaturated/α-hetero) is 1. The molecular formula is C21H25NO3S. The van der Waals surface area contributed by atoms with E-state index in [1.54, 1.807) is 37.1 Å². The van der Waals surface area contributed by atoms with Crippen LogP contribution >= 0.6 is 11.8 Å². The predicted octanol–water partition coefficient (Wildman–Crippen LogP) is 3.80. The summed E-state index contributed by atoms with van der Waals surface area (Å²) in [5, 5.41) is 2.93. The highest BCUT2D eigenvalue weighted by molar-refractivity contribution is 7.98. The van der Waals surface area contributed by atoms with Gasteiger partial charge in [-0.3, -0.25) is 9.59 Å². The first-order valence-corrected chi connectivity index (χ1v) is 9.73. The average molecular weight is 372 g/mol. The van der Waals surface area contributed by atoms with E-state index in [2.05, 4.69) is 36.5 Å². The van der Waals surface area contributed by atoms with E-state index in [1.807, 2.05) is 0 Å². The number of hydrogen-bond acceptors (Lipinski definition) is 4. The molecule has 0 aromatic heterocycles. The summed E-state index contributed by atoms with van der Waals surface area (Å²) in [5.41, 5.74) is 3.86. The van der Waals surface area contributed by atoms with E-state index in [-0.39, 0.29) is 18.1 Å². The number of thioether (sulfide) groups is 1. The molecule has 0 radical (unpaired) electrons. The lowest BCUT2D eigenvalue weighted by molar-refractivity contribution is -0.120. The van der Waals surface area contributed by atoms with E-state index in [0.29, 0.717) is 17.9 Å². The van der Waals surface area contributed by atoms with Crippen molar-refractivity contribution in [3.8, 4) is 5.75 Å². The lowest BCUT2D eigenvalue weighted by Gasteiger charge is -2.10. The highest BCUT2D eigenvalue weighted by Crippen LogP contribution is 2.21. The third-order valence-electron chi connectivity index (χ3n) is 4.00. The van der Waals surface area contributed by atoms with Gasteiger partial charge in [-0.15, -0.1) is 0 Å². The fourth-order valence-electron chi connectivity index (χ4n) is 2.51. The second-order valence-electron chi connectivity index (χ2n) is 6.15. The number of hydrogen-bond donors (Lipinski definition) is 1. The number of aryl methyl sites for hydroxylation is 1. The van der Waals surface area contributed by atoms with Crippen LogP contribution in [0.5, 0.6) is 5.75 Å². The smallest absolute Gasteiger partial charge is 0.224 e. The van der Waals surface area contributed by atoms with Crippen molar-refractivity contribution in [1.82, 2.24) is 5.32 Å². The molecule has 5 heteroatoms. The van der Waals surface area contributed by atoms with Gasteiger partial charge in [0.05, 0.1) is 13.5 Å². The summed E-state index contributed by atoms with van der Waals surface area (Å²) in [6.45, 7) is 4.20. The molecule has 0 atom stereocenters. The van der Waals surface area contributed by atoms with Gasteiger partial charge in [-0.1, -0.05) is 29.8 Å². The molecule has 0 unspecified atom stereocenters. The molecule has 26 heavy (non-hydrogen) atoms. The Balaban J connectivity index is 1.77. The molecule has 2 rings (SSSR count). The molecule has 138 valence electrons. The van der Waals surface area contributed by atoms with Gasteiger partial charge in [0.2, 0.25) is 5.91 Å². The van der Waals surface area contributed by atoms with Gasteiger partial charge in [-0.2, -0.15) is 11.8 Å². The number of amides is 1. The van der Waals surface area contributed by atoms with Crippen LogP contribution in [0, 0.1) is 6.92 Å². The van der Waals surface area contributed by atoms with Gasteiger partial charge in [0.1, 0.15) is 5.75 Å². The topological polar surface area (TPSA) is 55.4 Å². The molecule has 0 aliphatic rings. The van der Waals surface area contributed by atoms with Crippen molar-refractivity contribution in [2.24, 2.45) is 0 Å². The molecule has 0 spiro atoms. The Bertz CT molecular complexity index is 756. The van der Waals surface area contributed by atoms with Crippen LogP contribution in [0.3, 0.4) is 0 Å². The van der Waals surface area contributed by atoms with Crippen LogP contribution in [0.25, 0.3) is 0 Å². The minimum atomic E-state index is -0.0695. The third kappa shape index (κ3) is 6.23. The maximum atomic E-state index is 12.2. The number of ether oxygens (including phenoxy) is 1. The average Bonchev–Trinajstić information content (AvgIpc) is 2.62. The van der Waals surface area contributed by atoms with Gasteiger partial charge in [0.15, 0.2) is 5.78 Å². The van der Waals surface area contributed by atoms with Gasteiger partial charge in [0.25, 0.3) is 0 Å². The lowest BCUT2D eigenvalue weighted by atomic mass is 10.0. The molecule has 1 N–H and O–H groups in total. The monoisotopic (exact) mass is 371 g/mol. The Morgan fingerprint density at radius 3 is 2.50 bits per heavy atom. The second-order valence-corrected chi connectivity index (χ2v) is 7.25. The fourth-order valence-corrected chi connectivity index (χ4v) is 3.33. The molecular weight excluding hydrogens is 346 g/mol. The summed E-state index contributed by atoms with van der Waals surface area (Å²) in [4.78, 5) is 23.7. The first-order chi connectivity index (χ1) is 12.5. The van der Waals surface area contributed by atoms with Crippen molar-refractivity contribution in [2.45, 2.75) is 26.0 Å². The second kappa shape index (κ2) is 10.0. The normalized spacial score (nSPS) is 10.4. The van der Waals surface area contributed by atoms with Gasteiger partial charge in [-0.25, -0.2) is 0 Å². The predicted molar refractivity (Wildman–Crippen MR) is 107 cm³/mol. The molecule has 0 bridgehead atoms. The summed E-state index contributed by atoms with van der Waals surface area (Å²) >= 11 is 1.79. The lowest BCUT2D eigenvalue weighted by Crippen LogP contribution is -2.27. The van der Waals surface area contributed by atoms with Crippen molar-refractivity contribution in [3.05, 3.63) is 64.7 Å². The fraction of sp³-hybridized carbons (Fsp3) is 0.333. The van der Waals surface area contributed by atoms with Crippen LogP contribution in [-0.4, -0.2) is 31.1 Å². The van der Waals surface area contributed by atoms with Crippen LogP contribution in [0.4, 0.5) is 0 Å². The third-order valence-corrected chi connectivity index (χ3v) is 5.03. The highest BCUT2D eigenvalue weighted by Gasteiger charge is 2.11. The quantitative estimate of drug-likeness (QED) is 0.538. The van der Waals surface area contributed by atoms with Gasteiger partial charge < -0.3 is 10.1 Å². The minimum absolute atomic E-state index is 0.0261. The number of carbonyl (C=O) groups excluding carboxylic acids is 2. The van der Waals surface area contributed by atoms with Crippen molar-refractivity contribution in [2.75, 3.05) is 19.4 Å². The van der Waals surface area contributed by atoms with Crippen molar-refractivity contribution < 1.29 is 14.3 Å². The zero-order valence-electron chi connectivity index (χ0n) is 15.5. The Morgan fingerprint density at radius 1 is 1.12 bits per heavy atom. The zero-order valence-corrected chi connectivity index (χ0v) is 16.3. The van der Waals surface area contributed by atoms with E-state index in [1.165, 1.54) is 18.1 Å². The molecule has 4 nitrogen and oxygen atoms in total. The van der Waals surface area contributed by atoms with Crippen molar-refractivity contribution >= 4 is 23.5 Å². The van der Waals surface area contributed by atoms with Crippen LogP contribution in [0.1, 0.15) is 34.0 Å². The number of benzene rings is 2. The van der Waals surface area contributed by atoms with E-state index in [9.17, 15) is 9.59 Å².